The minimum absolute atomic E-state index is 0.0358. The van der Waals surface area contributed by atoms with Crippen LogP contribution in [0.25, 0.3) is 0 Å². The third kappa shape index (κ3) is 5.99. The van der Waals surface area contributed by atoms with Crippen molar-refractivity contribution in [1.82, 2.24) is 0 Å². The number of nitrogens with one attached hydrogen (secondary N) is 1. The van der Waals surface area contributed by atoms with Crippen molar-refractivity contribution < 1.29 is 17.6 Å². The van der Waals surface area contributed by atoms with Crippen molar-refractivity contribution in [3.63, 3.8) is 0 Å². The van der Waals surface area contributed by atoms with E-state index in [0.717, 1.165) is 6.07 Å². The van der Waals surface area contributed by atoms with Crippen LogP contribution in [0.4, 0.5) is 23.2 Å². The van der Waals surface area contributed by atoms with E-state index in [4.69, 9.17) is 11.6 Å². The highest BCUT2D eigenvalue weighted by molar-refractivity contribution is 9.10. The lowest BCUT2D eigenvalue weighted by molar-refractivity contribution is -0.135. The molecule has 0 aromatic heterocycles. The average Bonchev–Trinajstić information content (AvgIpc) is 2.21. The summed E-state index contributed by atoms with van der Waals surface area (Å²) < 4.78 is 49.5. The van der Waals surface area contributed by atoms with Crippen LogP contribution in [0.15, 0.2) is 16.6 Å². The summed E-state index contributed by atoms with van der Waals surface area (Å²) in [7, 11) is 0. The van der Waals surface area contributed by atoms with Crippen LogP contribution in [0.2, 0.25) is 5.02 Å². The molecule has 0 fully saturated rings. The van der Waals surface area contributed by atoms with Gasteiger partial charge in [-0.2, -0.15) is 13.2 Å². The van der Waals surface area contributed by atoms with Gasteiger partial charge in [0.05, 0.1) is 10.7 Å². The second kappa shape index (κ2) is 6.79. The van der Waals surface area contributed by atoms with Gasteiger partial charge < -0.3 is 5.32 Å². The first-order valence-corrected chi connectivity index (χ1v) is 6.84. The molecular weight excluding hydrogens is 349 g/mol. The molecule has 1 aromatic carbocycles. The van der Waals surface area contributed by atoms with Crippen LogP contribution >= 0.6 is 27.5 Å². The quantitative estimate of drug-likeness (QED) is 0.655. The van der Waals surface area contributed by atoms with Crippen LogP contribution in [0, 0.1) is 5.82 Å². The Morgan fingerprint density at radius 3 is 2.53 bits per heavy atom. The molecule has 0 saturated heterocycles. The van der Waals surface area contributed by atoms with Crippen LogP contribution < -0.4 is 5.32 Å². The zero-order chi connectivity index (χ0) is 14.6. The Balaban J connectivity index is 2.55. The molecule has 108 valence electrons. The number of alkyl halides is 3. The molecule has 1 aromatic rings. The van der Waals surface area contributed by atoms with Crippen molar-refractivity contribution in [3.05, 3.63) is 27.4 Å². The standard InChI is InChI=1S/C12H13BrClF4N/c1-7(3-2-4-12(16,17)18)19-11-9(13)5-8(15)6-10(11)14/h5-7,19H,2-4H2,1H3. The summed E-state index contributed by atoms with van der Waals surface area (Å²) in [6, 6.07) is 2.20. The number of halogens is 6. The van der Waals surface area contributed by atoms with Gasteiger partial charge in [-0.3, -0.25) is 0 Å². The van der Waals surface area contributed by atoms with E-state index in [1.165, 1.54) is 6.07 Å². The van der Waals surface area contributed by atoms with E-state index in [2.05, 4.69) is 21.2 Å². The van der Waals surface area contributed by atoms with Crippen LogP contribution in [0.1, 0.15) is 26.2 Å². The van der Waals surface area contributed by atoms with Crippen molar-refractivity contribution >= 4 is 33.2 Å². The summed E-state index contributed by atoms with van der Waals surface area (Å²) in [5, 5.41) is 3.17. The largest absolute Gasteiger partial charge is 0.389 e. The van der Waals surface area contributed by atoms with Crippen molar-refractivity contribution in [3.8, 4) is 0 Å². The predicted octanol–water partition coefficient (Wildman–Crippen LogP) is 5.77. The average molecular weight is 363 g/mol. The fraction of sp³-hybridized carbons (Fsp3) is 0.500. The normalized spacial score (nSPS) is 13.4. The summed E-state index contributed by atoms with van der Waals surface area (Å²) in [6.45, 7) is 1.75. The van der Waals surface area contributed by atoms with Crippen molar-refractivity contribution in [1.29, 1.82) is 0 Å². The summed E-state index contributed by atoms with van der Waals surface area (Å²) >= 11 is 9.03. The minimum Gasteiger partial charge on any atom is -0.380 e. The van der Waals surface area contributed by atoms with Gasteiger partial charge in [-0.1, -0.05) is 11.6 Å². The topological polar surface area (TPSA) is 12.0 Å². The fourth-order valence-electron chi connectivity index (χ4n) is 1.61. The Hall–Kier alpha value is -0.490. The van der Waals surface area contributed by atoms with Gasteiger partial charge in [0.25, 0.3) is 0 Å². The number of anilines is 1. The number of rotatable bonds is 5. The van der Waals surface area contributed by atoms with E-state index < -0.39 is 18.4 Å². The van der Waals surface area contributed by atoms with Gasteiger partial charge in [-0.25, -0.2) is 4.39 Å². The summed E-state index contributed by atoms with van der Waals surface area (Å²) in [4.78, 5) is 0. The van der Waals surface area contributed by atoms with Gasteiger partial charge in [0.15, 0.2) is 0 Å². The van der Waals surface area contributed by atoms with E-state index in [1.807, 2.05) is 0 Å². The Bertz CT molecular complexity index is 413. The first-order chi connectivity index (χ1) is 8.69. The summed E-state index contributed by atoms with van der Waals surface area (Å²) in [5.41, 5.74) is 0.488. The number of benzene rings is 1. The molecule has 1 N–H and O–H groups in total. The first kappa shape index (κ1) is 16.6. The van der Waals surface area contributed by atoms with E-state index in [-0.39, 0.29) is 17.5 Å². The van der Waals surface area contributed by atoms with Crippen LogP contribution in [-0.4, -0.2) is 12.2 Å². The van der Waals surface area contributed by atoms with Crippen molar-refractivity contribution in [2.45, 2.75) is 38.4 Å². The molecule has 19 heavy (non-hydrogen) atoms. The zero-order valence-corrected chi connectivity index (χ0v) is 12.5. The molecule has 7 heteroatoms. The van der Waals surface area contributed by atoms with Crippen LogP contribution in [-0.2, 0) is 0 Å². The molecule has 1 unspecified atom stereocenters. The van der Waals surface area contributed by atoms with Gasteiger partial charge in [0.2, 0.25) is 0 Å². The summed E-state index contributed by atoms with van der Waals surface area (Å²) in [5.74, 6) is -0.479. The molecule has 0 bridgehead atoms. The number of hydrogen-bond donors (Lipinski definition) is 1. The minimum atomic E-state index is -4.13. The maximum atomic E-state index is 13.0. The lowest BCUT2D eigenvalue weighted by Crippen LogP contribution is -2.17. The zero-order valence-electron chi connectivity index (χ0n) is 10.1. The highest BCUT2D eigenvalue weighted by Gasteiger charge is 2.26. The molecule has 1 nitrogen and oxygen atoms in total. The second-order valence-corrected chi connectivity index (χ2v) is 5.56. The highest BCUT2D eigenvalue weighted by atomic mass is 79.9. The smallest absolute Gasteiger partial charge is 0.380 e. The van der Waals surface area contributed by atoms with Crippen molar-refractivity contribution in [2.75, 3.05) is 5.32 Å². The SMILES string of the molecule is CC(CCCC(F)(F)F)Nc1c(Cl)cc(F)cc1Br. The van der Waals surface area contributed by atoms with Crippen molar-refractivity contribution in [2.24, 2.45) is 0 Å². The maximum absolute atomic E-state index is 13.0. The third-order valence-electron chi connectivity index (χ3n) is 2.50. The highest BCUT2D eigenvalue weighted by Crippen LogP contribution is 2.32. The Morgan fingerprint density at radius 1 is 1.37 bits per heavy atom. The van der Waals surface area contributed by atoms with Gasteiger partial charge >= 0.3 is 6.18 Å². The summed E-state index contributed by atoms with van der Waals surface area (Å²) in [6.07, 6.45) is -4.56. The Kier molecular flexibility index (Phi) is 5.92. The maximum Gasteiger partial charge on any atom is 0.389 e. The van der Waals surface area contributed by atoms with E-state index in [1.54, 1.807) is 6.92 Å². The molecule has 0 spiro atoms. The molecule has 0 aliphatic heterocycles. The third-order valence-corrected chi connectivity index (χ3v) is 3.42. The molecule has 0 radical (unpaired) electrons. The molecule has 1 rings (SSSR count). The lowest BCUT2D eigenvalue weighted by atomic mass is 10.1. The lowest BCUT2D eigenvalue weighted by Gasteiger charge is -2.18. The van der Waals surface area contributed by atoms with Crippen LogP contribution in [0.5, 0.6) is 0 Å². The van der Waals surface area contributed by atoms with Gasteiger partial charge in [-0.15, -0.1) is 0 Å². The Morgan fingerprint density at radius 2 is 2.00 bits per heavy atom. The van der Waals surface area contributed by atoms with Gasteiger partial charge in [0.1, 0.15) is 5.82 Å². The van der Waals surface area contributed by atoms with E-state index >= 15 is 0 Å². The van der Waals surface area contributed by atoms with E-state index in [9.17, 15) is 17.6 Å². The molecule has 0 amide bonds. The molecular formula is C12H13BrClF4N. The molecule has 0 saturated carbocycles. The molecule has 0 aliphatic rings. The van der Waals surface area contributed by atoms with E-state index in [0.29, 0.717) is 16.6 Å². The van der Waals surface area contributed by atoms with Gasteiger partial charge in [0, 0.05) is 16.9 Å². The number of hydrogen-bond acceptors (Lipinski definition) is 1. The fourth-order valence-corrected chi connectivity index (χ4v) is 2.53. The van der Waals surface area contributed by atoms with Gasteiger partial charge in [-0.05, 0) is 47.8 Å². The first-order valence-electron chi connectivity index (χ1n) is 5.67. The molecule has 0 aliphatic carbocycles. The predicted molar refractivity (Wildman–Crippen MR) is 72.1 cm³/mol. The molecule has 1 atom stereocenters. The van der Waals surface area contributed by atoms with Crippen LogP contribution in [0.3, 0.4) is 0 Å². The monoisotopic (exact) mass is 361 g/mol. The Labute approximate surface area is 122 Å². The second-order valence-electron chi connectivity index (χ2n) is 4.30. The molecule has 0 heterocycles.